The number of nitrogens with zero attached hydrogens (tertiary/aromatic N) is 1. The van der Waals surface area contributed by atoms with E-state index in [0.29, 0.717) is 12.4 Å². The lowest BCUT2D eigenvalue weighted by Gasteiger charge is -2.11. The van der Waals surface area contributed by atoms with Gasteiger partial charge < -0.3 is 10.6 Å². The molecule has 3 aromatic rings. The van der Waals surface area contributed by atoms with E-state index in [9.17, 15) is 4.79 Å². The van der Waals surface area contributed by atoms with Gasteiger partial charge in [0.1, 0.15) is 5.82 Å². The van der Waals surface area contributed by atoms with Gasteiger partial charge in [0.15, 0.2) is 0 Å². The fourth-order valence-electron chi connectivity index (χ4n) is 2.35. The first-order chi connectivity index (χ1) is 11.3. The number of aromatic nitrogens is 1. The molecule has 5 nitrogen and oxygen atoms in total. The zero-order valence-electron chi connectivity index (χ0n) is 12.8. The molecule has 2 amide bonds. The predicted octanol–water partition coefficient (Wildman–Crippen LogP) is 4.12. The quantitative estimate of drug-likeness (QED) is 0.679. The highest BCUT2D eigenvalue weighted by Gasteiger charge is 2.05. The van der Waals surface area contributed by atoms with Crippen LogP contribution in [0.15, 0.2) is 60.8 Å². The largest absolute Gasteiger partial charge is 0.355 e. The summed E-state index contributed by atoms with van der Waals surface area (Å²) in [6.07, 6.45) is 1.77. The van der Waals surface area contributed by atoms with Gasteiger partial charge in [0.05, 0.1) is 0 Å². The zero-order valence-corrected chi connectivity index (χ0v) is 12.8. The van der Waals surface area contributed by atoms with Crippen molar-refractivity contribution in [3.05, 3.63) is 60.8 Å². The molecule has 0 unspecified atom stereocenters. The van der Waals surface area contributed by atoms with Crippen LogP contribution in [0.1, 0.15) is 6.92 Å². The molecule has 0 spiro atoms. The van der Waals surface area contributed by atoms with Gasteiger partial charge >= 0.3 is 6.03 Å². The van der Waals surface area contributed by atoms with Gasteiger partial charge in [-0.15, -0.1) is 0 Å². The number of carbonyl (C=O) groups excluding carboxylic acids is 1. The first-order valence-corrected chi connectivity index (χ1v) is 7.52. The fraction of sp³-hybridized carbons (Fsp3) is 0.111. The lowest BCUT2D eigenvalue weighted by molar-refractivity contribution is 0.252. The number of fused-ring (bicyclic) bond motifs is 1. The number of hydrogen-bond acceptors (Lipinski definition) is 3. The maximum Gasteiger partial charge on any atom is 0.320 e. The molecule has 0 saturated heterocycles. The monoisotopic (exact) mass is 306 g/mol. The Morgan fingerprint density at radius 1 is 1.09 bits per heavy atom. The number of carbonyl (C=O) groups is 1. The molecule has 1 heterocycles. The number of pyridine rings is 1. The maximum atomic E-state index is 11.6. The van der Waals surface area contributed by atoms with E-state index >= 15 is 0 Å². The molecule has 3 N–H and O–H groups in total. The third-order valence-electron chi connectivity index (χ3n) is 3.40. The van der Waals surface area contributed by atoms with Crippen molar-refractivity contribution >= 4 is 34.0 Å². The minimum absolute atomic E-state index is 0.252. The molecule has 0 radical (unpaired) electrons. The Morgan fingerprint density at radius 2 is 1.91 bits per heavy atom. The van der Waals surface area contributed by atoms with E-state index in [1.807, 2.05) is 61.5 Å². The highest BCUT2D eigenvalue weighted by Crippen LogP contribution is 2.27. The van der Waals surface area contributed by atoms with Crippen LogP contribution in [-0.2, 0) is 0 Å². The Balaban J connectivity index is 1.88. The molecule has 5 heteroatoms. The molecule has 0 saturated carbocycles. The lowest BCUT2D eigenvalue weighted by atomic mass is 10.1. The number of urea groups is 1. The van der Waals surface area contributed by atoms with Crippen LogP contribution in [0.2, 0.25) is 0 Å². The van der Waals surface area contributed by atoms with Crippen molar-refractivity contribution < 1.29 is 4.79 Å². The number of anilines is 3. The maximum absolute atomic E-state index is 11.6. The second-order valence-electron chi connectivity index (χ2n) is 5.07. The normalized spacial score (nSPS) is 10.3. The summed E-state index contributed by atoms with van der Waals surface area (Å²) < 4.78 is 0. The molecule has 1 aromatic heterocycles. The third kappa shape index (κ3) is 3.58. The second kappa shape index (κ2) is 6.79. The number of benzene rings is 2. The van der Waals surface area contributed by atoms with E-state index < -0.39 is 0 Å². The first-order valence-electron chi connectivity index (χ1n) is 7.52. The summed E-state index contributed by atoms with van der Waals surface area (Å²) in [6.45, 7) is 2.44. The van der Waals surface area contributed by atoms with E-state index in [0.717, 1.165) is 22.1 Å². The van der Waals surface area contributed by atoms with E-state index in [2.05, 4.69) is 20.9 Å². The molecule has 0 fully saturated rings. The zero-order chi connectivity index (χ0) is 16.1. The van der Waals surface area contributed by atoms with Crippen molar-refractivity contribution in [3.8, 4) is 0 Å². The number of nitrogens with one attached hydrogen (secondary N) is 3. The number of para-hydroxylation sites is 1. The smallest absolute Gasteiger partial charge is 0.320 e. The first kappa shape index (κ1) is 14.8. The van der Waals surface area contributed by atoms with Crippen LogP contribution in [0.5, 0.6) is 0 Å². The summed E-state index contributed by atoms with van der Waals surface area (Å²) >= 11 is 0. The van der Waals surface area contributed by atoms with Crippen LogP contribution < -0.4 is 16.0 Å². The van der Waals surface area contributed by atoms with E-state index in [4.69, 9.17) is 0 Å². The van der Waals surface area contributed by atoms with Gasteiger partial charge in [-0.05, 0) is 36.6 Å². The number of hydrogen-bond donors (Lipinski definition) is 3. The Kier molecular flexibility index (Phi) is 4.38. The van der Waals surface area contributed by atoms with Gasteiger partial charge in [-0.1, -0.05) is 30.3 Å². The van der Waals surface area contributed by atoms with Crippen LogP contribution in [0, 0.1) is 0 Å². The van der Waals surface area contributed by atoms with Crippen LogP contribution in [0.3, 0.4) is 0 Å². The molecule has 0 aliphatic carbocycles. The highest BCUT2D eigenvalue weighted by molar-refractivity contribution is 5.97. The van der Waals surface area contributed by atoms with Gasteiger partial charge in [0, 0.05) is 29.5 Å². The van der Waals surface area contributed by atoms with Crippen LogP contribution in [-0.4, -0.2) is 17.6 Å². The van der Waals surface area contributed by atoms with Crippen molar-refractivity contribution in [2.24, 2.45) is 0 Å². The van der Waals surface area contributed by atoms with Gasteiger partial charge in [-0.25, -0.2) is 9.78 Å². The molecule has 0 bridgehead atoms. The summed E-state index contributed by atoms with van der Waals surface area (Å²) in [7, 11) is 0. The molecular formula is C18H18N4O. The topological polar surface area (TPSA) is 66.1 Å². The summed E-state index contributed by atoms with van der Waals surface area (Å²) in [4.78, 5) is 15.9. The molecular weight excluding hydrogens is 288 g/mol. The second-order valence-corrected chi connectivity index (χ2v) is 5.07. The molecule has 116 valence electrons. The molecule has 0 atom stereocenters. The lowest BCUT2D eigenvalue weighted by Crippen LogP contribution is -2.28. The van der Waals surface area contributed by atoms with Gasteiger partial charge in [0.2, 0.25) is 0 Å². The van der Waals surface area contributed by atoms with Crippen molar-refractivity contribution in [1.29, 1.82) is 0 Å². The Hall–Kier alpha value is -3.08. The fourth-order valence-corrected chi connectivity index (χ4v) is 2.35. The molecule has 3 rings (SSSR count). The number of amides is 2. The van der Waals surface area contributed by atoms with E-state index in [-0.39, 0.29) is 6.03 Å². The van der Waals surface area contributed by atoms with Crippen LogP contribution >= 0.6 is 0 Å². The minimum Gasteiger partial charge on any atom is -0.355 e. The standard InChI is InChI=1S/C18H18N4O/c1-2-19-18(23)22-17-11-13-7-6-10-16(15(13)12-20-17)21-14-8-4-3-5-9-14/h3-12,21H,2H2,1H3,(H2,19,20,22,23). The summed E-state index contributed by atoms with van der Waals surface area (Å²) in [5.41, 5.74) is 2.00. The molecule has 2 aromatic carbocycles. The Morgan fingerprint density at radius 3 is 2.70 bits per heavy atom. The predicted molar refractivity (Wildman–Crippen MR) is 94.2 cm³/mol. The SMILES string of the molecule is CCNC(=O)Nc1cc2cccc(Nc3ccccc3)c2cn1. The summed E-state index contributed by atoms with van der Waals surface area (Å²) in [6, 6.07) is 17.6. The third-order valence-corrected chi connectivity index (χ3v) is 3.40. The number of rotatable bonds is 4. The van der Waals surface area contributed by atoms with Gasteiger partial charge in [-0.3, -0.25) is 5.32 Å². The van der Waals surface area contributed by atoms with E-state index in [1.54, 1.807) is 6.20 Å². The van der Waals surface area contributed by atoms with Crippen LogP contribution in [0.25, 0.3) is 10.8 Å². The summed E-state index contributed by atoms with van der Waals surface area (Å²) in [5, 5.41) is 10.8. The van der Waals surface area contributed by atoms with Crippen LogP contribution in [0.4, 0.5) is 22.0 Å². The molecule has 0 aliphatic rings. The highest BCUT2D eigenvalue weighted by atomic mass is 16.2. The summed E-state index contributed by atoms with van der Waals surface area (Å²) in [5.74, 6) is 0.528. The van der Waals surface area contributed by atoms with E-state index in [1.165, 1.54) is 0 Å². The molecule has 0 aliphatic heterocycles. The Labute approximate surface area is 134 Å². The van der Waals surface area contributed by atoms with Crippen molar-refractivity contribution in [2.75, 3.05) is 17.2 Å². The molecule has 23 heavy (non-hydrogen) atoms. The average Bonchev–Trinajstić information content (AvgIpc) is 2.56. The Bertz CT molecular complexity index is 818. The van der Waals surface area contributed by atoms with Crippen molar-refractivity contribution in [1.82, 2.24) is 10.3 Å². The van der Waals surface area contributed by atoms with Crippen molar-refractivity contribution in [3.63, 3.8) is 0 Å². The van der Waals surface area contributed by atoms with Gasteiger partial charge in [-0.2, -0.15) is 0 Å². The minimum atomic E-state index is -0.252. The van der Waals surface area contributed by atoms with Crippen molar-refractivity contribution in [2.45, 2.75) is 6.92 Å². The average molecular weight is 306 g/mol. The van der Waals surface area contributed by atoms with Gasteiger partial charge in [0.25, 0.3) is 0 Å².